The molecule has 0 aliphatic rings. The van der Waals surface area contributed by atoms with Crippen LogP contribution in [0.15, 0.2) is 36.5 Å². The molecule has 0 radical (unpaired) electrons. The molecule has 0 bridgehead atoms. The summed E-state index contributed by atoms with van der Waals surface area (Å²) in [5, 5.41) is 3.73. The van der Waals surface area contributed by atoms with Crippen LogP contribution >= 0.6 is 11.6 Å². The van der Waals surface area contributed by atoms with Gasteiger partial charge in [0.05, 0.1) is 11.9 Å². The Labute approximate surface area is 112 Å². The normalized spacial score (nSPS) is 10.2. The molecule has 0 fully saturated rings. The SMILES string of the molecule is CCc1cc(Cl)ccc1Oc1ccc(NC)cn1. The highest BCUT2D eigenvalue weighted by Crippen LogP contribution is 2.27. The van der Waals surface area contributed by atoms with Crippen molar-refractivity contribution >= 4 is 17.3 Å². The van der Waals surface area contributed by atoms with Crippen molar-refractivity contribution in [3.63, 3.8) is 0 Å². The Balaban J connectivity index is 2.22. The van der Waals surface area contributed by atoms with Crippen molar-refractivity contribution in [2.75, 3.05) is 12.4 Å². The predicted molar refractivity (Wildman–Crippen MR) is 74.7 cm³/mol. The van der Waals surface area contributed by atoms with E-state index >= 15 is 0 Å². The average molecular weight is 263 g/mol. The van der Waals surface area contributed by atoms with Gasteiger partial charge >= 0.3 is 0 Å². The molecule has 2 rings (SSSR count). The van der Waals surface area contributed by atoms with Gasteiger partial charge in [-0.2, -0.15) is 0 Å². The summed E-state index contributed by atoms with van der Waals surface area (Å²) < 4.78 is 5.76. The van der Waals surface area contributed by atoms with Crippen LogP contribution in [-0.2, 0) is 6.42 Å². The first kappa shape index (κ1) is 12.7. The van der Waals surface area contributed by atoms with Crippen LogP contribution in [0.2, 0.25) is 5.02 Å². The number of benzene rings is 1. The highest BCUT2D eigenvalue weighted by atomic mass is 35.5. The number of rotatable bonds is 4. The highest BCUT2D eigenvalue weighted by Gasteiger charge is 2.05. The molecule has 3 nitrogen and oxygen atoms in total. The van der Waals surface area contributed by atoms with E-state index in [1.807, 2.05) is 37.4 Å². The topological polar surface area (TPSA) is 34.1 Å². The second-order valence-corrected chi connectivity index (χ2v) is 4.28. The van der Waals surface area contributed by atoms with Crippen LogP contribution in [0.5, 0.6) is 11.6 Å². The minimum atomic E-state index is 0.575. The molecule has 0 unspecified atom stereocenters. The van der Waals surface area contributed by atoms with E-state index < -0.39 is 0 Å². The highest BCUT2D eigenvalue weighted by molar-refractivity contribution is 6.30. The molecule has 0 amide bonds. The van der Waals surface area contributed by atoms with Crippen LogP contribution in [-0.4, -0.2) is 12.0 Å². The molecule has 1 N–H and O–H groups in total. The van der Waals surface area contributed by atoms with Crippen LogP contribution in [0.3, 0.4) is 0 Å². The molecule has 0 aliphatic heterocycles. The molecule has 18 heavy (non-hydrogen) atoms. The maximum Gasteiger partial charge on any atom is 0.219 e. The van der Waals surface area contributed by atoms with E-state index in [0.717, 1.165) is 28.4 Å². The van der Waals surface area contributed by atoms with E-state index in [1.54, 1.807) is 6.20 Å². The van der Waals surface area contributed by atoms with Crippen molar-refractivity contribution in [3.8, 4) is 11.6 Å². The summed E-state index contributed by atoms with van der Waals surface area (Å²) in [6.07, 6.45) is 2.60. The Morgan fingerprint density at radius 2 is 2.11 bits per heavy atom. The van der Waals surface area contributed by atoms with Crippen molar-refractivity contribution in [1.29, 1.82) is 0 Å². The van der Waals surface area contributed by atoms with Crippen LogP contribution < -0.4 is 10.1 Å². The van der Waals surface area contributed by atoms with Gasteiger partial charge in [0.1, 0.15) is 5.75 Å². The van der Waals surface area contributed by atoms with Crippen LogP contribution in [0.1, 0.15) is 12.5 Å². The zero-order valence-corrected chi connectivity index (χ0v) is 11.2. The summed E-state index contributed by atoms with van der Waals surface area (Å²) in [5.41, 5.74) is 2.02. The van der Waals surface area contributed by atoms with E-state index in [1.165, 1.54) is 0 Å². The van der Waals surface area contributed by atoms with E-state index in [0.29, 0.717) is 5.88 Å². The summed E-state index contributed by atoms with van der Waals surface area (Å²) in [7, 11) is 1.85. The Kier molecular flexibility index (Phi) is 4.05. The fourth-order valence-corrected chi connectivity index (χ4v) is 1.82. The fourth-order valence-electron chi connectivity index (χ4n) is 1.63. The summed E-state index contributed by atoms with van der Waals surface area (Å²) in [5.74, 6) is 1.37. The lowest BCUT2D eigenvalue weighted by Crippen LogP contribution is -1.94. The summed E-state index contributed by atoms with van der Waals surface area (Å²) in [6, 6.07) is 9.36. The number of nitrogens with zero attached hydrogens (tertiary/aromatic N) is 1. The van der Waals surface area contributed by atoms with Crippen LogP contribution in [0.4, 0.5) is 5.69 Å². The standard InChI is InChI=1S/C14H15ClN2O/c1-3-10-8-11(15)4-6-13(10)18-14-7-5-12(16-2)9-17-14/h4-9,16H,3H2,1-2H3. The summed E-state index contributed by atoms with van der Waals surface area (Å²) >= 11 is 5.96. The third-order valence-corrected chi connectivity index (χ3v) is 2.88. The minimum absolute atomic E-state index is 0.575. The zero-order chi connectivity index (χ0) is 13.0. The minimum Gasteiger partial charge on any atom is -0.439 e. The first-order valence-corrected chi connectivity index (χ1v) is 6.21. The monoisotopic (exact) mass is 262 g/mol. The van der Waals surface area contributed by atoms with Crippen molar-refractivity contribution < 1.29 is 4.74 Å². The lowest BCUT2D eigenvalue weighted by Gasteiger charge is -2.10. The molecule has 1 aromatic carbocycles. The largest absolute Gasteiger partial charge is 0.439 e. The Morgan fingerprint density at radius 3 is 2.72 bits per heavy atom. The number of halogens is 1. The smallest absolute Gasteiger partial charge is 0.219 e. The molecule has 1 aromatic heterocycles. The third kappa shape index (κ3) is 2.93. The second-order valence-electron chi connectivity index (χ2n) is 3.84. The van der Waals surface area contributed by atoms with E-state index in [4.69, 9.17) is 16.3 Å². The van der Waals surface area contributed by atoms with Gasteiger partial charge in [-0.25, -0.2) is 4.98 Å². The van der Waals surface area contributed by atoms with Crippen molar-refractivity contribution in [2.45, 2.75) is 13.3 Å². The molecule has 4 heteroatoms. The molecular formula is C14H15ClN2O. The third-order valence-electron chi connectivity index (χ3n) is 2.64. The molecular weight excluding hydrogens is 248 g/mol. The Bertz CT molecular complexity index is 526. The molecule has 1 heterocycles. The van der Waals surface area contributed by atoms with Gasteiger partial charge < -0.3 is 10.1 Å². The lowest BCUT2D eigenvalue weighted by atomic mass is 10.1. The number of ether oxygens (including phenoxy) is 1. The number of hydrogen-bond acceptors (Lipinski definition) is 3. The average Bonchev–Trinajstić information content (AvgIpc) is 2.41. The molecule has 0 saturated carbocycles. The fraction of sp³-hybridized carbons (Fsp3) is 0.214. The van der Waals surface area contributed by atoms with Gasteiger partial charge in [0.25, 0.3) is 0 Å². The molecule has 0 spiro atoms. The Hall–Kier alpha value is -1.74. The van der Waals surface area contributed by atoms with Crippen LogP contribution in [0.25, 0.3) is 0 Å². The van der Waals surface area contributed by atoms with E-state index in [-0.39, 0.29) is 0 Å². The summed E-state index contributed by atoms with van der Waals surface area (Å²) in [6.45, 7) is 2.07. The molecule has 2 aromatic rings. The van der Waals surface area contributed by atoms with Gasteiger partial charge in [0, 0.05) is 18.1 Å². The number of anilines is 1. The summed E-state index contributed by atoms with van der Waals surface area (Å²) in [4.78, 5) is 4.22. The number of aromatic nitrogens is 1. The number of hydrogen-bond donors (Lipinski definition) is 1. The first-order chi connectivity index (χ1) is 8.72. The van der Waals surface area contributed by atoms with Gasteiger partial charge in [-0.15, -0.1) is 0 Å². The quantitative estimate of drug-likeness (QED) is 0.900. The zero-order valence-electron chi connectivity index (χ0n) is 10.4. The van der Waals surface area contributed by atoms with Crippen molar-refractivity contribution in [3.05, 3.63) is 47.1 Å². The molecule has 0 aliphatic carbocycles. The number of nitrogens with one attached hydrogen (secondary N) is 1. The van der Waals surface area contributed by atoms with Gasteiger partial charge in [0.15, 0.2) is 0 Å². The lowest BCUT2D eigenvalue weighted by molar-refractivity contribution is 0.458. The Morgan fingerprint density at radius 1 is 1.28 bits per heavy atom. The number of pyridine rings is 1. The van der Waals surface area contributed by atoms with Gasteiger partial charge in [0.2, 0.25) is 5.88 Å². The molecule has 0 saturated heterocycles. The van der Waals surface area contributed by atoms with E-state index in [2.05, 4.69) is 17.2 Å². The first-order valence-electron chi connectivity index (χ1n) is 5.83. The maximum atomic E-state index is 5.96. The van der Waals surface area contributed by atoms with Gasteiger partial charge in [-0.3, -0.25) is 0 Å². The molecule has 94 valence electrons. The predicted octanol–water partition coefficient (Wildman–Crippen LogP) is 4.13. The molecule has 0 atom stereocenters. The van der Waals surface area contributed by atoms with Gasteiger partial charge in [-0.05, 0) is 36.2 Å². The van der Waals surface area contributed by atoms with Gasteiger partial charge in [-0.1, -0.05) is 18.5 Å². The van der Waals surface area contributed by atoms with E-state index in [9.17, 15) is 0 Å². The number of aryl methyl sites for hydroxylation is 1. The maximum absolute atomic E-state index is 5.96. The van der Waals surface area contributed by atoms with Crippen LogP contribution in [0, 0.1) is 0 Å². The van der Waals surface area contributed by atoms with Crippen molar-refractivity contribution in [2.24, 2.45) is 0 Å². The van der Waals surface area contributed by atoms with Crippen molar-refractivity contribution in [1.82, 2.24) is 4.98 Å². The second kappa shape index (κ2) is 5.74.